The first kappa shape index (κ1) is 13.7. The van der Waals surface area contributed by atoms with Gasteiger partial charge in [0.15, 0.2) is 0 Å². The lowest BCUT2D eigenvalue weighted by Gasteiger charge is -2.15. The molecule has 0 aliphatic heterocycles. The summed E-state index contributed by atoms with van der Waals surface area (Å²) >= 11 is 1.46. The van der Waals surface area contributed by atoms with E-state index in [9.17, 15) is 9.90 Å². The second kappa shape index (κ2) is 4.74. The highest BCUT2D eigenvalue weighted by atomic mass is 32.1. The van der Waals surface area contributed by atoms with Crippen molar-refractivity contribution in [2.24, 2.45) is 0 Å². The van der Waals surface area contributed by atoms with Gasteiger partial charge in [-0.3, -0.25) is 9.78 Å². The average molecular weight is 276 g/mol. The molecule has 0 aromatic carbocycles. The minimum Gasteiger partial charge on any atom is -0.481 e. The number of aliphatic carboxylic acids is 1. The standard InChI is InChI=1S/C14H16N2O2S/c1-8-5-10(6-9(2)15-8)12-16-11(7-19-12)14(3,4)13(17)18/h5-7H,1-4H3,(H,17,18). The summed E-state index contributed by atoms with van der Waals surface area (Å²) in [5, 5.41) is 11.9. The largest absolute Gasteiger partial charge is 0.481 e. The molecule has 19 heavy (non-hydrogen) atoms. The Morgan fingerprint density at radius 2 is 1.79 bits per heavy atom. The van der Waals surface area contributed by atoms with Crippen LogP contribution in [-0.4, -0.2) is 21.0 Å². The number of hydrogen-bond donors (Lipinski definition) is 1. The fraction of sp³-hybridized carbons (Fsp3) is 0.357. The van der Waals surface area contributed by atoms with Gasteiger partial charge in [0.05, 0.1) is 5.69 Å². The highest BCUT2D eigenvalue weighted by molar-refractivity contribution is 7.13. The third-order valence-electron chi connectivity index (χ3n) is 3.01. The van der Waals surface area contributed by atoms with E-state index in [2.05, 4.69) is 9.97 Å². The first-order valence-electron chi connectivity index (χ1n) is 5.96. The Kier molecular flexibility index (Phi) is 3.41. The molecule has 0 atom stereocenters. The van der Waals surface area contributed by atoms with Gasteiger partial charge in [-0.2, -0.15) is 0 Å². The molecule has 0 amide bonds. The molecule has 1 N–H and O–H groups in total. The summed E-state index contributed by atoms with van der Waals surface area (Å²) in [6.45, 7) is 7.20. The fourth-order valence-corrected chi connectivity index (χ4v) is 2.74. The van der Waals surface area contributed by atoms with Crippen LogP contribution in [0.25, 0.3) is 10.6 Å². The molecule has 0 unspecified atom stereocenters. The zero-order chi connectivity index (χ0) is 14.2. The highest BCUT2D eigenvalue weighted by Gasteiger charge is 2.32. The molecule has 0 saturated heterocycles. The number of pyridine rings is 1. The molecule has 2 aromatic rings. The topological polar surface area (TPSA) is 63.1 Å². The molecule has 4 nitrogen and oxygen atoms in total. The van der Waals surface area contributed by atoms with Gasteiger partial charge in [0.1, 0.15) is 10.4 Å². The molecule has 5 heteroatoms. The van der Waals surface area contributed by atoms with Gasteiger partial charge in [0.2, 0.25) is 0 Å². The number of aromatic nitrogens is 2. The molecular weight excluding hydrogens is 260 g/mol. The van der Waals surface area contributed by atoms with E-state index < -0.39 is 11.4 Å². The summed E-state index contributed by atoms with van der Waals surface area (Å²) in [6, 6.07) is 3.92. The number of nitrogens with zero attached hydrogens (tertiary/aromatic N) is 2. The predicted molar refractivity (Wildman–Crippen MR) is 75.5 cm³/mol. The molecule has 2 rings (SSSR count). The molecule has 0 aliphatic carbocycles. The minimum atomic E-state index is -0.966. The van der Waals surface area contributed by atoms with Crippen LogP contribution in [0.2, 0.25) is 0 Å². The quantitative estimate of drug-likeness (QED) is 0.935. The van der Waals surface area contributed by atoms with Crippen molar-refractivity contribution in [3.8, 4) is 10.6 Å². The first-order valence-corrected chi connectivity index (χ1v) is 6.84. The number of thiazole rings is 1. The van der Waals surface area contributed by atoms with Crippen molar-refractivity contribution in [3.05, 3.63) is 34.6 Å². The average Bonchev–Trinajstić information content (AvgIpc) is 2.76. The molecule has 0 bridgehead atoms. The maximum atomic E-state index is 11.2. The molecule has 2 aromatic heterocycles. The van der Waals surface area contributed by atoms with Crippen molar-refractivity contribution in [1.82, 2.24) is 9.97 Å². The Hall–Kier alpha value is -1.75. The van der Waals surface area contributed by atoms with Crippen molar-refractivity contribution >= 4 is 17.3 Å². The summed E-state index contributed by atoms with van der Waals surface area (Å²) in [7, 11) is 0. The lowest BCUT2D eigenvalue weighted by atomic mass is 9.90. The summed E-state index contributed by atoms with van der Waals surface area (Å²) in [6.07, 6.45) is 0. The normalized spacial score (nSPS) is 11.6. The Balaban J connectivity index is 2.44. The lowest BCUT2D eigenvalue weighted by Crippen LogP contribution is -2.28. The smallest absolute Gasteiger partial charge is 0.315 e. The zero-order valence-electron chi connectivity index (χ0n) is 11.4. The molecule has 0 radical (unpaired) electrons. The Morgan fingerprint density at radius 3 is 2.32 bits per heavy atom. The monoisotopic (exact) mass is 276 g/mol. The van der Waals surface area contributed by atoms with E-state index in [-0.39, 0.29) is 0 Å². The lowest BCUT2D eigenvalue weighted by molar-refractivity contribution is -0.142. The van der Waals surface area contributed by atoms with Crippen LogP contribution in [0.15, 0.2) is 17.5 Å². The molecule has 0 spiro atoms. The first-order chi connectivity index (χ1) is 8.80. The van der Waals surface area contributed by atoms with Crippen LogP contribution in [-0.2, 0) is 10.2 Å². The zero-order valence-corrected chi connectivity index (χ0v) is 12.2. The third-order valence-corrected chi connectivity index (χ3v) is 3.90. The van der Waals surface area contributed by atoms with Gasteiger partial charge in [-0.15, -0.1) is 11.3 Å². The molecule has 100 valence electrons. The van der Waals surface area contributed by atoms with Crippen molar-refractivity contribution in [2.75, 3.05) is 0 Å². The van der Waals surface area contributed by atoms with Gasteiger partial charge in [-0.1, -0.05) is 0 Å². The van der Waals surface area contributed by atoms with E-state index >= 15 is 0 Å². The highest BCUT2D eigenvalue weighted by Crippen LogP contribution is 2.30. The fourth-order valence-electron chi connectivity index (χ4n) is 1.76. The molecule has 0 saturated carbocycles. The van der Waals surface area contributed by atoms with Crippen LogP contribution >= 0.6 is 11.3 Å². The predicted octanol–water partition coefficient (Wildman–Crippen LogP) is 3.18. The molecule has 0 aliphatic rings. The van der Waals surface area contributed by atoms with Crippen molar-refractivity contribution in [1.29, 1.82) is 0 Å². The van der Waals surface area contributed by atoms with Gasteiger partial charge in [-0.25, -0.2) is 4.98 Å². The van der Waals surface area contributed by atoms with Gasteiger partial charge in [0.25, 0.3) is 0 Å². The SMILES string of the molecule is Cc1cc(-c2nc(C(C)(C)C(=O)O)cs2)cc(C)n1. The molecular formula is C14H16N2O2S. The number of carboxylic acid groups (broad SMARTS) is 1. The van der Waals surface area contributed by atoms with E-state index in [0.29, 0.717) is 5.69 Å². The number of carboxylic acids is 1. The van der Waals surface area contributed by atoms with E-state index in [1.165, 1.54) is 11.3 Å². The van der Waals surface area contributed by atoms with Crippen molar-refractivity contribution < 1.29 is 9.90 Å². The van der Waals surface area contributed by atoms with E-state index in [1.807, 2.05) is 31.4 Å². The number of rotatable bonds is 3. The second-order valence-electron chi connectivity index (χ2n) is 5.11. The van der Waals surface area contributed by atoms with E-state index in [0.717, 1.165) is 22.0 Å². The second-order valence-corrected chi connectivity index (χ2v) is 5.96. The van der Waals surface area contributed by atoms with Crippen LogP contribution in [0.4, 0.5) is 0 Å². The number of aryl methyl sites for hydroxylation is 2. The van der Waals surface area contributed by atoms with Crippen LogP contribution in [0.5, 0.6) is 0 Å². The maximum absolute atomic E-state index is 11.2. The van der Waals surface area contributed by atoms with Crippen LogP contribution in [0, 0.1) is 13.8 Å². The summed E-state index contributed by atoms with van der Waals surface area (Å²) in [5.74, 6) is -0.869. The Bertz CT molecular complexity index is 612. The minimum absolute atomic E-state index is 0.590. The van der Waals surface area contributed by atoms with E-state index in [4.69, 9.17) is 0 Å². The van der Waals surface area contributed by atoms with Gasteiger partial charge < -0.3 is 5.11 Å². The van der Waals surface area contributed by atoms with Crippen LogP contribution in [0.1, 0.15) is 30.9 Å². The molecule has 2 heterocycles. The van der Waals surface area contributed by atoms with Gasteiger partial charge >= 0.3 is 5.97 Å². The van der Waals surface area contributed by atoms with Crippen LogP contribution in [0.3, 0.4) is 0 Å². The van der Waals surface area contributed by atoms with Crippen molar-refractivity contribution in [3.63, 3.8) is 0 Å². The Morgan fingerprint density at radius 1 is 1.21 bits per heavy atom. The summed E-state index contributed by atoms with van der Waals surface area (Å²) in [5.41, 5.74) is 2.48. The number of hydrogen-bond acceptors (Lipinski definition) is 4. The summed E-state index contributed by atoms with van der Waals surface area (Å²) < 4.78 is 0. The van der Waals surface area contributed by atoms with E-state index in [1.54, 1.807) is 13.8 Å². The van der Waals surface area contributed by atoms with Gasteiger partial charge in [-0.05, 0) is 39.8 Å². The Labute approximate surface area is 116 Å². The maximum Gasteiger partial charge on any atom is 0.315 e. The van der Waals surface area contributed by atoms with Crippen molar-refractivity contribution in [2.45, 2.75) is 33.1 Å². The summed E-state index contributed by atoms with van der Waals surface area (Å²) in [4.78, 5) is 20.0. The van der Waals surface area contributed by atoms with Gasteiger partial charge in [0, 0.05) is 22.3 Å². The third kappa shape index (κ3) is 2.66. The molecule has 0 fully saturated rings. The number of carbonyl (C=O) groups is 1. The van der Waals surface area contributed by atoms with Crippen LogP contribution < -0.4 is 0 Å².